The summed E-state index contributed by atoms with van der Waals surface area (Å²) in [5.74, 6) is 0.814. The molecule has 0 N–H and O–H groups in total. The lowest BCUT2D eigenvalue weighted by Crippen LogP contribution is -1.99. The number of imidazole rings is 1. The molecule has 0 unspecified atom stereocenters. The molecule has 4 heteroatoms. The highest BCUT2D eigenvalue weighted by atomic mass is 16.5. The number of nitrogens with zero attached hydrogens (tertiary/aromatic N) is 2. The molecule has 0 radical (unpaired) electrons. The second-order valence-corrected chi connectivity index (χ2v) is 5.05. The van der Waals surface area contributed by atoms with Crippen LogP contribution in [0.25, 0.3) is 16.8 Å². The lowest BCUT2D eigenvalue weighted by Gasteiger charge is -2.10. The fraction of sp³-hybridized carbons (Fsp3) is 0.176. The summed E-state index contributed by atoms with van der Waals surface area (Å²) in [6.45, 7) is 3.57. The summed E-state index contributed by atoms with van der Waals surface area (Å²) in [6, 6.07) is 9.96. The monoisotopic (exact) mass is 280 g/mol. The van der Waals surface area contributed by atoms with Crippen LogP contribution < -0.4 is 4.74 Å². The van der Waals surface area contributed by atoms with E-state index < -0.39 is 0 Å². The number of aryl methyl sites for hydroxylation is 1. The SMILES string of the molecule is COc1cc(C)ccc1-c1ccc2ncc(C(C)=O)n2c1. The van der Waals surface area contributed by atoms with Crippen LogP contribution in [0.3, 0.4) is 0 Å². The van der Waals surface area contributed by atoms with Crippen molar-refractivity contribution >= 4 is 11.4 Å². The first-order valence-electron chi connectivity index (χ1n) is 6.73. The molecule has 0 amide bonds. The predicted molar refractivity (Wildman–Crippen MR) is 81.9 cm³/mol. The van der Waals surface area contributed by atoms with Crippen LogP contribution in [0.1, 0.15) is 23.0 Å². The Hall–Kier alpha value is -2.62. The molecule has 1 aromatic carbocycles. The van der Waals surface area contributed by atoms with Crippen LogP contribution in [0, 0.1) is 6.92 Å². The molecular weight excluding hydrogens is 264 g/mol. The Morgan fingerprint density at radius 2 is 2.05 bits per heavy atom. The van der Waals surface area contributed by atoms with Crippen molar-refractivity contribution < 1.29 is 9.53 Å². The molecule has 106 valence electrons. The zero-order chi connectivity index (χ0) is 15.0. The van der Waals surface area contributed by atoms with Crippen LogP contribution in [0.5, 0.6) is 5.75 Å². The fourth-order valence-corrected chi connectivity index (χ4v) is 2.44. The summed E-state index contributed by atoms with van der Waals surface area (Å²) in [4.78, 5) is 15.9. The van der Waals surface area contributed by atoms with Crippen molar-refractivity contribution in [2.45, 2.75) is 13.8 Å². The third-order valence-corrected chi connectivity index (χ3v) is 3.53. The number of hydrogen-bond acceptors (Lipinski definition) is 3. The molecule has 3 rings (SSSR count). The number of ketones is 1. The minimum atomic E-state index is -0.00415. The molecular formula is C17H16N2O2. The summed E-state index contributed by atoms with van der Waals surface area (Å²) < 4.78 is 7.28. The van der Waals surface area contributed by atoms with Gasteiger partial charge in [0.05, 0.1) is 13.3 Å². The Morgan fingerprint density at radius 1 is 1.24 bits per heavy atom. The van der Waals surface area contributed by atoms with Gasteiger partial charge in [0, 0.05) is 24.2 Å². The molecule has 4 nitrogen and oxygen atoms in total. The van der Waals surface area contributed by atoms with Crippen LogP contribution in [0.15, 0.2) is 42.7 Å². The number of hydrogen-bond donors (Lipinski definition) is 0. The van der Waals surface area contributed by atoms with E-state index >= 15 is 0 Å². The summed E-state index contributed by atoms with van der Waals surface area (Å²) in [5, 5.41) is 0. The van der Waals surface area contributed by atoms with E-state index in [-0.39, 0.29) is 5.78 Å². The van der Waals surface area contributed by atoms with E-state index in [0.29, 0.717) is 5.69 Å². The molecule has 0 aliphatic rings. The lowest BCUT2D eigenvalue weighted by molar-refractivity contribution is 0.101. The maximum atomic E-state index is 11.7. The van der Waals surface area contributed by atoms with Crippen molar-refractivity contribution in [3.05, 3.63) is 54.0 Å². The zero-order valence-corrected chi connectivity index (χ0v) is 12.3. The summed E-state index contributed by atoms with van der Waals surface area (Å²) in [7, 11) is 1.66. The Morgan fingerprint density at radius 3 is 2.76 bits per heavy atom. The maximum Gasteiger partial charge on any atom is 0.178 e. The smallest absolute Gasteiger partial charge is 0.178 e. The van der Waals surface area contributed by atoms with E-state index in [9.17, 15) is 4.79 Å². The highest BCUT2D eigenvalue weighted by molar-refractivity contribution is 5.93. The highest BCUT2D eigenvalue weighted by Gasteiger charge is 2.11. The van der Waals surface area contributed by atoms with Crippen LogP contribution in [0.4, 0.5) is 0 Å². The van der Waals surface area contributed by atoms with Crippen molar-refractivity contribution in [2.24, 2.45) is 0 Å². The molecule has 0 fully saturated rings. The zero-order valence-electron chi connectivity index (χ0n) is 12.3. The number of methoxy groups -OCH3 is 1. The molecule has 0 aliphatic carbocycles. The fourth-order valence-electron chi connectivity index (χ4n) is 2.44. The number of carbonyl (C=O) groups is 1. The average molecular weight is 280 g/mol. The van der Waals surface area contributed by atoms with E-state index in [1.54, 1.807) is 20.2 Å². The van der Waals surface area contributed by atoms with Gasteiger partial charge in [-0.05, 0) is 30.7 Å². The summed E-state index contributed by atoms with van der Waals surface area (Å²) >= 11 is 0. The minimum Gasteiger partial charge on any atom is -0.496 e. The number of aromatic nitrogens is 2. The molecule has 0 atom stereocenters. The van der Waals surface area contributed by atoms with Crippen LogP contribution >= 0.6 is 0 Å². The maximum absolute atomic E-state index is 11.7. The van der Waals surface area contributed by atoms with Gasteiger partial charge < -0.3 is 4.74 Å². The van der Waals surface area contributed by atoms with Gasteiger partial charge in [-0.1, -0.05) is 12.1 Å². The van der Waals surface area contributed by atoms with Gasteiger partial charge in [-0.25, -0.2) is 4.98 Å². The van der Waals surface area contributed by atoms with Crippen molar-refractivity contribution in [3.8, 4) is 16.9 Å². The molecule has 21 heavy (non-hydrogen) atoms. The third-order valence-electron chi connectivity index (χ3n) is 3.53. The lowest BCUT2D eigenvalue weighted by atomic mass is 10.0. The third kappa shape index (κ3) is 2.29. The number of Topliss-reactive ketones (excluding diaryl/α,β-unsaturated/α-hetero) is 1. The van der Waals surface area contributed by atoms with E-state index in [2.05, 4.69) is 4.98 Å². The minimum absolute atomic E-state index is 0.00415. The Labute approximate surface area is 123 Å². The normalized spacial score (nSPS) is 10.8. The largest absolute Gasteiger partial charge is 0.496 e. The number of carbonyl (C=O) groups excluding carboxylic acids is 1. The van der Waals surface area contributed by atoms with Gasteiger partial charge in [-0.3, -0.25) is 9.20 Å². The Balaban J connectivity index is 2.21. The van der Waals surface area contributed by atoms with Crippen LogP contribution in [-0.4, -0.2) is 22.3 Å². The molecule has 0 saturated heterocycles. The molecule has 0 spiro atoms. The van der Waals surface area contributed by atoms with Crippen molar-refractivity contribution in [2.75, 3.05) is 7.11 Å². The first-order valence-corrected chi connectivity index (χ1v) is 6.73. The topological polar surface area (TPSA) is 43.6 Å². The van der Waals surface area contributed by atoms with Crippen molar-refractivity contribution in [3.63, 3.8) is 0 Å². The second kappa shape index (κ2) is 5.05. The standard InChI is InChI=1S/C17H16N2O2/c1-11-4-6-14(16(8-11)21-3)13-5-7-17-18-9-15(12(2)20)19(17)10-13/h4-10H,1-3H3. The summed E-state index contributed by atoms with van der Waals surface area (Å²) in [6.07, 6.45) is 3.53. The molecule has 3 aromatic rings. The quantitative estimate of drug-likeness (QED) is 0.689. The number of ether oxygens (including phenoxy) is 1. The Bertz CT molecular complexity index is 834. The number of fused-ring (bicyclic) bond motifs is 1. The van der Waals surface area contributed by atoms with Gasteiger partial charge in [-0.15, -0.1) is 0 Å². The van der Waals surface area contributed by atoms with Crippen LogP contribution in [0.2, 0.25) is 0 Å². The number of pyridine rings is 1. The number of benzene rings is 1. The van der Waals surface area contributed by atoms with Gasteiger partial charge in [0.15, 0.2) is 5.78 Å². The van der Waals surface area contributed by atoms with Gasteiger partial charge in [0.2, 0.25) is 0 Å². The van der Waals surface area contributed by atoms with Crippen LogP contribution in [-0.2, 0) is 0 Å². The molecule has 2 aromatic heterocycles. The van der Waals surface area contributed by atoms with E-state index in [0.717, 1.165) is 28.1 Å². The molecule has 0 bridgehead atoms. The molecule has 0 aliphatic heterocycles. The van der Waals surface area contributed by atoms with Gasteiger partial charge in [0.1, 0.15) is 17.1 Å². The van der Waals surface area contributed by atoms with Crippen molar-refractivity contribution in [1.29, 1.82) is 0 Å². The summed E-state index contributed by atoms with van der Waals surface area (Å²) in [5.41, 5.74) is 4.46. The number of rotatable bonds is 3. The van der Waals surface area contributed by atoms with Gasteiger partial charge in [-0.2, -0.15) is 0 Å². The molecule has 0 saturated carbocycles. The molecule has 2 heterocycles. The van der Waals surface area contributed by atoms with E-state index in [1.807, 2.05) is 47.9 Å². The van der Waals surface area contributed by atoms with E-state index in [4.69, 9.17) is 4.74 Å². The van der Waals surface area contributed by atoms with Crippen molar-refractivity contribution in [1.82, 2.24) is 9.38 Å². The first-order chi connectivity index (χ1) is 10.1. The highest BCUT2D eigenvalue weighted by Crippen LogP contribution is 2.31. The second-order valence-electron chi connectivity index (χ2n) is 5.05. The first kappa shape index (κ1) is 13.4. The van der Waals surface area contributed by atoms with Gasteiger partial charge >= 0.3 is 0 Å². The van der Waals surface area contributed by atoms with E-state index in [1.165, 1.54) is 0 Å². The average Bonchev–Trinajstić information content (AvgIpc) is 2.90. The Kier molecular flexibility index (Phi) is 3.22. The van der Waals surface area contributed by atoms with Gasteiger partial charge in [0.25, 0.3) is 0 Å². The predicted octanol–water partition coefficient (Wildman–Crippen LogP) is 3.52.